The van der Waals surface area contributed by atoms with E-state index in [-0.39, 0.29) is 25.5 Å². The molecule has 0 bridgehead atoms. The third-order valence-electron chi connectivity index (χ3n) is 4.35. The van der Waals surface area contributed by atoms with Crippen molar-refractivity contribution in [3.8, 4) is 5.75 Å². The Morgan fingerprint density at radius 3 is 2.92 bits per heavy atom. The fraction of sp³-hybridized carbons (Fsp3) is 0.474. The van der Waals surface area contributed by atoms with E-state index < -0.39 is 12.0 Å². The van der Waals surface area contributed by atoms with Gasteiger partial charge in [-0.3, -0.25) is 4.79 Å². The molecule has 0 radical (unpaired) electrons. The number of hydrogen-bond acceptors (Lipinski definition) is 6. The highest BCUT2D eigenvalue weighted by atomic mass is 16.5. The van der Waals surface area contributed by atoms with Crippen LogP contribution in [-0.2, 0) is 24.2 Å². The predicted molar refractivity (Wildman–Crippen MR) is 94.1 cm³/mol. The smallest absolute Gasteiger partial charge is 0.273 e. The van der Waals surface area contributed by atoms with E-state index in [1.54, 1.807) is 0 Å². The summed E-state index contributed by atoms with van der Waals surface area (Å²) in [5.41, 5.74) is 2.90. The molecule has 1 aromatic carbocycles. The Morgan fingerprint density at radius 1 is 1.31 bits per heavy atom. The minimum Gasteiger partial charge on any atom is -0.486 e. The summed E-state index contributed by atoms with van der Waals surface area (Å²) in [5.74, 6) is 0.838. The van der Waals surface area contributed by atoms with Gasteiger partial charge in [0.15, 0.2) is 11.5 Å². The summed E-state index contributed by atoms with van der Waals surface area (Å²) in [6.45, 7) is 0.435. The van der Waals surface area contributed by atoms with Gasteiger partial charge in [0.05, 0.1) is 12.7 Å². The third kappa shape index (κ3) is 4.83. The zero-order chi connectivity index (χ0) is 18.4. The largest absolute Gasteiger partial charge is 0.486 e. The van der Waals surface area contributed by atoms with E-state index in [1.165, 1.54) is 37.1 Å². The molecule has 1 aliphatic rings. The molecule has 2 N–H and O–H groups in total. The number of nitrogens with zero attached hydrogens (tertiary/aromatic N) is 1. The van der Waals surface area contributed by atoms with Crippen LogP contribution in [-0.4, -0.2) is 42.5 Å². The minimum absolute atomic E-state index is 0.0838. The second-order valence-electron chi connectivity index (χ2n) is 6.42. The average Bonchev–Trinajstić information content (AvgIpc) is 3.14. The van der Waals surface area contributed by atoms with Crippen molar-refractivity contribution < 1.29 is 23.9 Å². The van der Waals surface area contributed by atoms with Crippen LogP contribution in [0.5, 0.6) is 5.75 Å². The van der Waals surface area contributed by atoms with Crippen molar-refractivity contribution in [2.24, 2.45) is 0 Å². The summed E-state index contributed by atoms with van der Waals surface area (Å²) in [6.07, 6.45) is 3.93. The van der Waals surface area contributed by atoms with Crippen molar-refractivity contribution in [3.63, 3.8) is 0 Å². The lowest BCUT2D eigenvalue weighted by Gasteiger charge is -2.16. The maximum atomic E-state index is 12.0. The van der Waals surface area contributed by atoms with Crippen LogP contribution < -0.4 is 10.1 Å². The molecule has 2 aromatic rings. The number of aliphatic hydroxyl groups is 1. The third-order valence-corrected chi connectivity index (χ3v) is 4.35. The normalized spacial score (nSPS) is 14.5. The highest BCUT2D eigenvalue weighted by Crippen LogP contribution is 2.25. The molecule has 1 atom stereocenters. The first-order chi connectivity index (χ1) is 12.7. The monoisotopic (exact) mass is 360 g/mol. The second kappa shape index (κ2) is 8.82. The first kappa shape index (κ1) is 18.4. The number of ether oxygens (including phenoxy) is 2. The van der Waals surface area contributed by atoms with Crippen LogP contribution >= 0.6 is 0 Å². The van der Waals surface area contributed by atoms with E-state index in [0.29, 0.717) is 5.76 Å². The van der Waals surface area contributed by atoms with Crippen LogP contribution in [0, 0.1) is 0 Å². The molecule has 0 saturated heterocycles. The lowest BCUT2D eigenvalue weighted by molar-refractivity contribution is 0.0607. The van der Waals surface area contributed by atoms with E-state index in [0.717, 1.165) is 18.6 Å². The molecule has 7 heteroatoms. The molecule has 3 rings (SSSR count). The van der Waals surface area contributed by atoms with Gasteiger partial charge in [0.25, 0.3) is 5.91 Å². The number of nitrogens with one attached hydrogen (secondary N) is 1. The summed E-state index contributed by atoms with van der Waals surface area (Å²) in [7, 11) is 1.48. The van der Waals surface area contributed by atoms with Gasteiger partial charge >= 0.3 is 0 Å². The highest BCUT2D eigenvalue weighted by molar-refractivity contribution is 5.92. The summed E-state index contributed by atoms with van der Waals surface area (Å²) in [4.78, 5) is 12.0. The zero-order valence-corrected chi connectivity index (χ0v) is 14.9. The van der Waals surface area contributed by atoms with E-state index in [9.17, 15) is 9.90 Å². The number of hydrogen-bond donors (Lipinski definition) is 2. The SMILES string of the molecule is COC[C@H](O)CNC(=O)c1cc(COc2ccc3c(c2)CCCC3)on1. The number of rotatable bonds is 8. The van der Waals surface area contributed by atoms with Gasteiger partial charge < -0.3 is 24.4 Å². The van der Waals surface area contributed by atoms with Crippen molar-refractivity contribution in [1.29, 1.82) is 0 Å². The Morgan fingerprint density at radius 2 is 2.12 bits per heavy atom. The van der Waals surface area contributed by atoms with Crippen molar-refractivity contribution in [2.75, 3.05) is 20.3 Å². The molecular formula is C19H24N2O5. The number of carbonyl (C=O) groups is 1. The van der Waals surface area contributed by atoms with Crippen molar-refractivity contribution in [3.05, 3.63) is 46.8 Å². The van der Waals surface area contributed by atoms with Crippen molar-refractivity contribution in [2.45, 2.75) is 38.4 Å². The van der Waals surface area contributed by atoms with E-state index in [1.807, 2.05) is 6.07 Å². The molecule has 26 heavy (non-hydrogen) atoms. The molecule has 1 aromatic heterocycles. The Labute approximate surface area is 152 Å². The highest BCUT2D eigenvalue weighted by Gasteiger charge is 2.15. The van der Waals surface area contributed by atoms with Gasteiger partial charge in [-0.2, -0.15) is 0 Å². The van der Waals surface area contributed by atoms with Crippen LogP contribution in [0.15, 0.2) is 28.8 Å². The molecule has 7 nitrogen and oxygen atoms in total. The number of aliphatic hydroxyl groups excluding tert-OH is 1. The van der Waals surface area contributed by atoms with E-state index in [2.05, 4.69) is 22.6 Å². The standard InChI is InChI=1S/C19H24N2O5/c1-24-11-15(22)10-20-19(23)18-9-17(26-21-18)12-25-16-7-6-13-4-2-3-5-14(13)8-16/h6-9,15,22H,2-5,10-12H2,1H3,(H,20,23)/t15-/m1/s1. The summed E-state index contributed by atoms with van der Waals surface area (Å²) in [5, 5.41) is 15.9. The van der Waals surface area contributed by atoms with Gasteiger partial charge in [-0.25, -0.2) is 0 Å². The number of carbonyl (C=O) groups excluding carboxylic acids is 1. The number of amides is 1. The molecule has 1 heterocycles. The second-order valence-corrected chi connectivity index (χ2v) is 6.42. The van der Waals surface area contributed by atoms with Gasteiger partial charge in [0, 0.05) is 19.7 Å². The Bertz CT molecular complexity index is 743. The average molecular weight is 360 g/mol. The zero-order valence-electron chi connectivity index (χ0n) is 14.9. The number of benzene rings is 1. The molecule has 0 aliphatic heterocycles. The van der Waals surface area contributed by atoms with Crippen LogP contribution in [0.1, 0.15) is 40.2 Å². The molecule has 140 valence electrons. The van der Waals surface area contributed by atoms with Gasteiger partial charge in [0.2, 0.25) is 0 Å². The summed E-state index contributed by atoms with van der Waals surface area (Å²) < 4.78 is 15.7. The maximum absolute atomic E-state index is 12.0. The Hall–Kier alpha value is -2.38. The van der Waals surface area contributed by atoms with E-state index >= 15 is 0 Å². The molecule has 0 unspecified atom stereocenters. The number of methoxy groups -OCH3 is 1. The summed E-state index contributed by atoms with van der Waals surface area (Å²) in [6, 6.07) is 7.70. The van der Waals surface area contributed by atoms with Crippen molar-refractivity contribution in [1.82, 2.24) is 10.5 Å². The maximum Gasteiger partial charge on any atom is 0.273 e. The van der Waals surface area contributed by atoms with Gasteiger partial charge in [0.1, 0.15) is 12.4 Å². The molecule has 0 fully saturated rings. The lowest BCUT2D eigenvalue weighted by atomic mass is 9.92. The quantitative estimate of drug-likeness (QED) is 0.746. The first-order valence-corrected chi connectivity index (χ1v) is 8.81. The van der Waals surface area contributed by atoms with Crippen LogP contribution in [0.3, 0.4) is 0 Å². The van der Waals surface area contributed by atoms with Crippen LogP contribution in [0.4, 0.5) is 0 Å². The number of fused-ring (bicyclic) bond motifs is 1. The van der Waals surface area contributed by atoms with Crippen molar-refractivity contribution >= 4 is 5.91 Å². The van der Waals surface area contributed by atoms with Gasteiger partial charge in [-0.1, -0.05) is 11.2 Å². The number of aryl methyl sites for hydroxylation is 2. The summed E-state index contributed by atoms with van der Waals surface area (Å²) >= 11 is 0. The van der Waals surface area contributed by atoms with E-state index in [4.69, 9.17) is 14.0 Å². The van der Waals surface area contributed by atoms with Crippen LogP contribution in [0.2, 0.25) is 0 Å². The lowest BCUT2D eigenvalue weighted by Crippen LogP contribution is -2.34. The molecule has 0 saturated carbocycles. The van der Waals surface area contributed by atoms with Crippen LogP contribution in [0.25, 0.3) is 0 Å². The molecule has 0 spiro atoms. The molecular weight excluding hydrogens is 336 g/mol. The Kier molecular flexibility index (Phi) is 6.25. The fourth-order valence-corrected chi connectivity index (χ4v) is 2.99. The number of aromatic nitrogens is 1. The molecule has 1 aliphatic carbocycles. The molecule has 1 amide bonds. The minimum atomic E-state index is -0.761. The Balaban J connectivity index is 1.51. The predicted octanol–water partition coefficient (Wildman–Crippen LogP) is 1.87. The van der Waals surface area contributed by atoms with Gasteiger partial charge in [-0.15, -0.1) is 0 Å². The first-order valence-electron chi connectivity index (χ1n) is 8.81. The fourth-order valence-electron chi connectivity index (χ4n) is 2.99. The topological polar surface area (TPSA) is 93.8 Å². The van der Waals surface area contributed by atoms with Gasteiger partial charge in [-0.05, 0) is 48.9 Å².